The Labute approximate surface area is 154 Å². The van der Waals surface area contributed by atoms with Crippen LogP contribution in [0.3, 0.4) is 0 Å². The molecule has 7 heteroatoms. The first-order chi connectivity index (χ1) is 12.4. The summed E-state index contributed by atoms with van der Waals surface area (Å²) in [6.45, 7) is 0.774. The van der Waals surface area contributed by atoms with Crippen LogP contribution in [0.15, 0.2) is 24.3 Å². The van der Waals surface area contributed by atoms with Crippen LogP contribution in [0.25, 0.3) is 0 Å². The number of fused-ring (bicyclic) bond motifs is 1. The fraction of sp³-hybridized carbons (Fsp3) is 0.316. The Kier molecular flexibility index (Phi) is 5.46. The van der Waals surface area contributed by atoms with Gasteiger partial charge in [-0.1, -0.05) is 0 Å². The zero-order valence-electron chi connectivity index (χ0n) is 14.3. The number of carbonyl (C=O) groups is 3. The number of anilines is 1. The van der Waals surface area contributed by atoms with E-state index < -0.39 is 24.2 Å². The fourth-order valence-corrected chi connectivity index (χ4v) is 4.04. The Morgan fingerprint density at radius 1 is 1.19 bits per heavy atom. The van der Waals surface area contributed by atoms with Crippen LogP contribution >= 0.6 is 11.3 Å². The van der Waals surface area contributed by atoms with Crippen LogP contribution in [-0.4, -0.2) is 24.3 Å². The van der Waals surface area contributed by atoms with Gasteiger partial charge in [0.2, 0.25) is 11.7 Å². The summed E-state index contributed by atoms with van der Waals surface area (Å²) in [6.07, 6.45) is 4.17. The van der Waals surface area contributed by atoms with Gasteiger partial charge in [0.1, 0.15) is 10.7 Å². The Morgan fingerprint density at radius 3 is 2.65 bits per heavy atom. The predicted molar refractivity (Wildman–Crippen MR) is 96.3 cm³/mol. The first kappa shape index (κ1) is 18.3. The SMILES string of the molecule is CC(=O)Nc1ccc(C(=O)COC(=O)c2cc3c(s2)CCCC3)c(F)c1. The molecule has 1 heterocycles. The summed E-state index contributed by atoms with van der Waals surface area (Å²) in [7, 11) is 0. The highest BCUT2D eigenvalue weighted by Gasteiger charge is 2.20. The fourth-order valence-electron chi connectivity index (χ4n) is 2.89. The third-order valence-corrected chi connectivity index (χ3v) is 5.34. The molecule has 1 N–H and O–H groups in total. The minimum absolute atomic E-state index is 0.183. The van der Waals surface area contributed by atoms with Gasteiger partial charge >= 0.3 is 5.97 Å². The van der Waals surface area contributed by atoms with Gasteiger partial charge in [0, 0.05) is 17.5 Å². The molecule has 0 atom stereocenters. The average Bonchev–Trinajstić information content (AvgIpc) is 3.03. The van der Waals surface area contributed by atoms with E-state index in [-0.39, 0.29) is 17.2 Å². The summed E-state index contributed by atoms with van der Waals surface area (Å²) in [5, 5.41) is 2.43. The standard InChI is InChI=1S/C19H18FNO4S/c1-11(22)21-13-6-7-14(15(20)9-13)16(23)10-25-19(24)18-8-12-4-2-3-5-17(12)26-18/h6-9H,2-5,10H2,1H3,(H,21,22). The van der Waals surface area contributed by atoms with Crippen molar-refractivity contribution in [2.24, 2.45) is 0 Å². The summed E-state index contributed by atoms with van der Waals surface area (Å²) < 4.78 is 19.1. The van der Waals surface area contributed by atoms with Gasteiger partial charge in [0.25, 0.3) is 0 Å². The minimum atomic E-state index is -0.774. The molecule has 0 bridgehead atoms. The number of thiophene rings is 1. The van der Waals surface area contributed by atoms with E-state index in [1.54, 1.807) is 0 Å². The van der Waals surface area contributed by atoms with Crippen LogP contribution in [0.5, 0.6) is 0 Å². The highest BCUT2D eigenvalue weighted by molar-refractivity contribution is 7.14. The summed E-state index contributed by atoms with van der Waals surface area (Å²) >= 11 is 1.40. The second-order valence-corrected chi connectivity index (χ2v) is 7.28. The number of hydrogen-bond acceptors (Lipinski definition) is 5. The number of rotatable bonds is 5. The Hall–Kier alpha value is -2.54. The first-order valence-corrected chi connectivity index (χ1v) is 9.14. The number of nitrogens with one attached hydrogen (secondary N) is 1. The molecule has 2 aromatic rings. The number of hydrogen-bond donors (Lipinski definition) is 1. The number of halogens is 1. The normalized spacial score (nSPS) is 13.0. The van der Waals surface area contributed by atoms with Crippen molar-refractivity contribution in [2.75, 3.05) is 11.9 Å². The molecule has 26 heavy (non-hydrogen) atoms. The lowest BCUT2D eigenvalue weighted by Crippen LogP contribution is -2.15. The number of amides is 1. The van der Waals surface area contributed by atoms with Crippen LogP contribution in [0.1, 0.15) is 50.2 Å². The van der Waals surface area contributed by atoms with Gasteiger partial charge in [-0.05, 0) is 55.5 Å². The highest BCUT2D eigenvalue weighted by atomic mass is 32.1. The van der Waals surface area contributed by atoms with Gasteiger partial charge < -0.3 is 10.1 Å². The van der Waals surface area contributed by atoms with Crippen molar-refractivity contribution in [3.63, 3.8) is 0 Å². The van der Waals surface area contributed by atoms with Crippen molar-refractivity contribution >= 4 is 34.7 Å². The van der Waals surface area contributed by atoms with Crippen LogP contribution in [-0.2, 0) is 22.4 Å². The summed E-state index contributed by atoms with van der Waals surface area (Å²) in [4.78, 5) is 36.9. The number of ketones is 1. The minimum Gasteiger partial charge on any atom is -0.453 e. The van der Waals surface area contributed by atoms with E-state index in [2.05, 4.69) is 5.32 Å². The van der Waals surface area contributed by atoms with Crippen molar-refractivity contribution in [3.8, 4) is 0 Å². The van der Waals surface area contributed by atoms with Gasteiger partial charge in [-0.25, -0.2) is 9.18 Å². The molecule has 0 saturated heterocycles. The lowest BCUT2D eigenvalue weighted by atomic mass is 9.99. The van der Waals surface area contributed by atoms with E-state index in [1.807, 2.05) is 6.07 Å². The lowest BCUT2D eigenvalue weighted by molar-refractivity contribution is -0.114. The molecule has 0 spiro atoms. The maximum absolute atomic E-state index is 14.0. The van der Waals surface area contributed by atoms with Crippen LogP contribution in [0, 0.1) is 5.82 Å². The Balaban J connectivity index is 1.62. The lowest BCUT2D eigenvalue weighted by Gasteiger charge is -2.08. The first-order valence-electron chi connectivity index (χ1n) is 8.33. The molecule has 0 unspecified atom stereocenters. The molecule has 0 radical (unpaired) electrons. The topological polar surface area (TPSA) is 72.5 Å². The third kappa shape index (κ3) is 4.16. The van der Waals surface area contributed by atoms with Crippen molar-refractivity contribution in [1.29, 1.82) is 0 Å². The predicted octanol–water partition coefficient (Wildman–Crippen LogP) is 3.76. The molecule has 3 rings (SSSR count). The van der Waals surface area contributed by atoms with E-state index in [0.717, 1.165) is 31.7 Å². The summed E-state index contributed by atoms with van der Waals surface area (Å²) in [5.41, 5.74) is 1.25. The monoisotopic (exact) mass is 375 g/mol. The quantitative estimate of drug-likeness (QED) is 0.638. The van der Waals surface area contributed by atoms with Crippen molar-refractivity contribution in [2.45, 2.75) is 32.6 Å². The van der Waals surface area contributed by atoms with Crippen LogP contribution < -0.4 is 5.32 Å². The van der Waals surface area contributed by atoms with Gasteiger partial charge in [-0.2, -0.15) is 0 Å². The van der Waals surface area contributed by atoms with Crippen molar-refractivity contribution in [3.05, 3.63) is 51.0 Å². The highest BCUT2D eigenvalue weighted by Crippen LogP contribution is 2.30. The zero-order valence-corrected chi connectivity index (χ0v) is 15.1. The number of esters is 1. The number of carbonyl (C=O) groups excluding carboxylic acids is 3. The molecule has 0 aliphatic heterocycles. The molecule has 1 aliphatic carbocycles. The molecule has 5 nitrogen and oxygen atoms in total. The Morgan fingerprint density at radius 2 is 1.96 bits per heavy atom. The molecule has 0 fully saturated rings. The van der Waals surface area contributed by atoms with Gasteiger partial charge in [-0.15, -0.1) is 11.3 Å². The molecule has 1 amide bonds. The zero-order chi connectivity index (χ0) is 18.7. The van der Waals surface area contributed by atoms with Gasteiger partial charge in [0.05, 0.1) is 5.56 Å². The molecule has 0 saturated carbocycles. The maximum atomic E-state index is 14.0. The van der Waals surface area contributed by atoms with Gasteiger partial charge in [-0.3, -0.25) is 9.59 Å². The largest absolute Gasteiger partial charge is 0.453 e. The van der Waals surface area contributed by atoms with E-state index in [1.165, 1.54) is 40.8 Å². The van der Waals surface area contributed by atoms with E-state index in [9.17, 15) is 18.8 Å². The Bertz CT molecular complexity index is 851. The summed E-state index contributed by atoms with van der Waals surface area (Å²) in [5.74, 6) is -2.31. The third-order valence-electron chi connectivity index (χ3n) is 4.12. The second-order valence-electron chi connectivity index (χ2n) is 6.14. The van der Waals surface area contributed by atoms with E-state index in [4.69, 9.17) is 4.74 Å². The molecular weight excluding hydrogens is 357 g/mol. The van der Waals surface area contributed by atoms with E-state index in [0.29, 0.717) is 4.88 Å². The van der Waals surface area contributed by atoms with Crippen molar-refractivity contribution < 1.29 is 23.5 Å². The summed E-state index contributed by atoms with van der Waals surface area (Å²) in [6, 6.07) is 5.58. The second kappa shape index (κ2) is 7.78. The number of Topliss-reactive ketones (excluding diaryl/α,β-unsaturated/α-hetero) is 1. The van der Waals surface area contributed by atoms with Crippen molar-refractivity contribution in [1.82, 2.24) is 0 Å². The number of ether oxygens (including phenoxy) is 1. The molecular formula is C19H18FNO4S. The number of benzene rings is 1. The van der Waals surface area contributed by atoms with Crippen LogP contribution in [0.2, 0.25) is 0 Å². The molecule has 1 aromatic heterocycles. The maximum Gasteiger partial charge on any atom is 0.348 e. The molecule has 136 valence electrons. The van der Waals surface area contributed by atoms with Gasteiger partial charge in [0.15, 0.2) is 6.61 Å². The van der Waals surface area contributed by atoms with E-state index >= 15 is 0 Å². The molecule has 1 aromatic carbocycles. The van der Waals surface area contributed by atoms with Crippen LogP contribution in [0.4, 0.5) is 10.1 Å². The number of aryl methyl sites for hydroxylation is 2. The molecule has 1 aliphatic rings. The smallest absolute Gasteiger partial charge is 0.348 e. The average molecular weight is 375 g/mol.